The van der Waals surface area contributed by atoms with Gasteiger partial charge in [-0.05, 0) is 0 Å². The Labute approximate surface area is 145 Å². The molecule has 0 aromatic heterocycles. The van der Waals surface area contributed by atoms with Crippen LogP contribution < -0.4 is 0 Å². The van der Waals surface area contributed by atoms with Gasteiger partial charge in [0.15, 0.2) is 0 Å². The molecule has 0 radical (unpaired) electrons. The van der Waals surface area contributed by atoms with Gasteiger partial charge in [0.1, 0.15) is 24.4 Å². The summed E-state index contributed by atoms with van der Waals surface area (Å²) in [7, 11) is 0. The molecule has 0 rings (SSSR count). The molecule has 6 N–H and O–H groups in total. The first kappa shape index (κ1) is 23.4. The third-order valence-corrected chi connectivity index (χ3v) is 3.24. The number of aliphatic hydroxyl groups is 6. The Hall–Kier alpha value is -1.61. The molecule has 0 aromatic rings. The Balaban J connectivity index is 4.45. The third kappa shape index (κ3) is 7.87. The number of rotatable bonds is 11. The molecule has 0 aliphatic heterocycles. The first-order chi connectivity index (χ1) is 11.5. The number of carbonyl (C=O) groups excluding carboxylic acids is 4. The number of aliphatic hydroxyl groups excluding tert-OH is 6. The highest BCUT2D eigenvalue weighted by atomic mass is 32.2. The van der Waals surface area contributed by atoms with Crippen LogP contribution in [0.15, 0.2) is 0 Å². The fraction of sp³-hybridized carbons (Fsp3) is 0.667. The molecule has 1 unspecified atom stereocenters. The summed E-state index contributed by atoms with van der Waals surface area (Å²) in [6.45, 7) is -0.0520. The van der Waals surface area contributed by atoms with E-state index in [0.29, 0.717) is 0 Å². The van der Waals surface area contributed by atoms with Crippen LogP contribution in [0.4, 0.5) is 0 Å². The topological polar surface area (TPSA) is 208 Å². The van der Waals surface area contributed by atoms with Gasteiger partial charge in [-0.2, -0.15) is 0 Å². The second-order valence-electron chi connectivity index (χ2n) is 4.78. The van der Waals surface area contributed by atoms with Crippen molar-refractivity contribution in [3.8, 4) is 0 Å². The van der Waals surface area contributed by atoms with Crippen molar-refractivity contribution in [2.24, 2.45) is 0 Å². The summed E-state index contributed by atoms with van der Waals surface area (Å²) in [6, 6.07) is 0. The Kier molecular flexibility index (Phi) is 10.4. The molecular weight excluding hydrogens is 368 g/mol. The van der Waals surface area contributed by atoms with Crippen LogP contribution in [0.25, 0.3) is 0 Å². The van der Waals surface area contributed by atoms with Crippen LogP contribution in [0, 0.1) is 0 Å². The van der Waals surface area contributed by atoms with Crippen molar-refractivity contribution >= 4 is 35.8 Å². The molecule has 0 heterocycles. The maximum atomic E-state index is 11.5. The molecular formula is C12H18O12S. The van der Waals surface area contributed by atoms with E-state index in [1.54, 1.807) is 0 Å². The molecule has 5 atom stereocenters. The molecule has 12 nitrogen and oxygen atoms in total. The van der Waals surface area contributed by atoms with Crippen molar-refractivity contribution in [1.82, 2.24) is 0 Å². The highest BCUT2D eigenvalue weighted by Crippen LogP contribution is 2.13. The van der Waals surface area contributed by atoms with Crippen molar-refractivity contribution in [2.45, 2.75) is 43.9 Å². The zero-order valence-corrected chi connectivity index (χ0v) is 13.7. The Bertz CT molecular complexity index is 494. The molecule has 13 heteroatoms. The maximum Gasteiger partial charge on any atom is 0.389 e. The maximum absolute atomic E-state index is 11.5. The van der Waals surface area contributed by atoms with E-state index in [2.05, 4.69) is 8.37 Å². The fourth-order valence-electron chi connectivity index (χ4n) is 1.34. The molecule has 0 aliphatic carbocycles. The summed E-state index contributed by atoms with van der Waals surface area (Å²) >= 11 is -0.255. The van der Waals surface area contributed by atoms with Crippen molar-refractivity contribution in [3.05, 3.63) is 0 Å². The van der Waals surface area contributed by atoms with Crippen LogP contribution in [-0.4, -0.2) is 91.3 Å². The fourth-order valence-corrected chi connectivity index (χ4v) is 1.71. The highest BCUT2D eigenvalue weighted by molar-refractivity contribution is 7.90. The zero-order valence-electron chi connectivity index (χ0n) is 12.8. The van der Waals surface area contributed by atoms with Gasteiger partial charge >= 0.3 is 11.9 Å². The predicted octanol–water partition coefficient (Wildman–Crippen LogP) is -4.02. The Morgan fingerprint density at radius 2 is 1.32 bits per heavy atom. The van der Waals surface area contributed by atoms with E-state index < -0.39 is 67.1 Å². The van der Waals surface area contributed by atoms with Crippen LogP contribution in [0.2, 0.25) is 0 Å². The lowest BCUT2D eigenvalue weighted by molar-refractivity contribution is -0.154. The average molecular weight is 386 g/mol. The van der Waals surface area contributed by atoms with Crippen LogP contribution in [-0.2, 0) is 27.5 Å². The second-order valence-corrected chi connectivity index (χ2v) is 5.25. The van der Waals surface area contributed by atoms with Gasteiger partial charge in [-0.25, -0.2) is 9.59 Å². The molecule has 0 aliphatic rings. The van der Waals surface area contributed by atoms with Gasteiger partial charge in [0, 0.05) is 13.3 Å². The summed E-state index contributed by atoms with van der Waals surface area (Å²) in [5.74, 6) is -5.29. The number of ketones is 2. The van der Waals surface area contributed by atoms with E-state index in [1.165, 1.54) is 0 Å². The van der Waals surface area contributed by atoms with E-state index in [0.717, 1.165) is 6.92 Å². The first-order valence-electron chi connectivity index (χ1n) is 6.67. The molecule has 25 heavy (non-hydrogen) atoms. The monoisotopic (exact) mass is 386 g/mol. The number of carbonyl (C=O) groups is 4. The minimum atomic E-state index is -2.14. The minimum absolute atomic E-state index is 0.255. The molecule has 0 saturated heterocycles. The van der Waals surface area contributed by atoms with Gasteiger partial charge in [0.25, 0.3) is 12.3 Å². The smallest absolute Gasteiger partial charge is 0.389 e. The lowest BCUT2D eigenvalue weighted by Gasteiger charge is -2.28. The zero-order chi connectivity index (χ0) is 19.7. The first-order valence-corrected chi connectivity index (χ1v) is 7.34. The second kappa shape index (κ2) is 11.1. The lowest BCUT2D eigenvalue weighted by Crippen LogP contribution is -2.50. The van der Waals surface area contributed by atoms with E-state index in [9.17, 15) is 39.6 Å². The van der Waals surface area contributed by atoms with E-state index >= 15 is 0 Å². The Morgan fingerprint density at radius 3 is 1.80 bits per heavy atom. The standard InChI is InChI=1S/C12H18O12S/c1-4(14)11(21)23-25-24-12(22)6(16)2-5(15)8(18)10(20)9(19)7(17)3-13/h5,7-10,13,15,17-20H,2-3H2,1H3/t5?,7-,8-,9-,10-/m1/s1. The van der Waals surface area contributed by atoms with Crippen molar-refractivity contribution in [1.29, 1.82) is 0 Å². The minimum Gasteiger partial charge on any atom is -0.394 e. The molecule has 0 fully saturated rings. The van der Waals surface area contributed by atoms with E-state index in [-0.39, 0.29) is 12.3 Å². The van der Waals surface area contributed by atoms with Gasteiger partial charge in [-0.1, -0.05) is 0 Å². The Morgan fingerprint density at radius 1 is 0.840 bits per heavy atom. The summed E-state index contributed by atoms with van der Waals surface area (Å²) in [4.78, 5) is 44.0. The van der Waals surface area contributed by atoms with Crippen LogP contribution in [0.1, 0.15) is 13.3 Å². The van der Waals surface area contributed by atoms with Crippen LogP contribution in [0.3, 0.4) is 0 Å². The van der Waals surface area contributed by atoms with Crippen molar-refractivity contribution < 1.29 is 58.2 Å². The quantitative estimate of drug-likeness (QED) is 0.148. The van der Waals surface area contributed by atoms with Crippen LogP contribution in [0.5, 0.6) is 0 Å². The predicted molar refractivity (Wildman–Crippen MR) is 77.2 cm³/mol. The summed E-state index contributed by atoms with van der Waals surface area (Å²) in [5.41, 5.74) is 0. The van der Waals surface area contributed by atoms with Gasteiger partial charge in [0.2, 0.25) is 11.6 Å². The summed E-state index contributed by atoms with van der Waals surface area (Å²) in [5, 5.41) is 55.8. The SMILES string of the molecule is CC(=O)C(=O)OSOC(=O)C(=O)CC(O)[C@@H](O)[C@@H](O)[C@H](O)[C@H](O)CO. The lowest BCUT2D eigenvalue weighted by atomic mass is 9.97. The third-order valence-electron chi connectivity index (χ3n) is 2.80. The van der Waals surface area contributed by atoms with Gasteiger partial charge in [-0.15, -0.1) is 0 Å². The number of Topliss-reactive ketones (excluding diaryl/α,β-unsaturated/α-hetero) is 2. The molecule has 0 aromatic carbocycles. The number of hydrogen-bond acceptors (Lipinski definition) is 13. The van der Waals surface area contributed by atoms with E-state index in [4.69, 9.17) is 10.2 Å². The normalized spacial score (nSPS) is 16.9. The van der Waals surface area contributed by atoms with Gasteiger partial charge in [0.05, 0.1) is 12.7 Å². The molecule has 0 bridgehead atoms. The average Bonchev–Trinajstić information content (AvgIpc) is 2.58. The van der Waals surface area contributed by atoms with Gasteiger partial charge in [-0.3, -0.25) is 9.59 Å². The number of hydrogen-bond donors (Lipinski definition) is 6. The largest absolute Gasteiger partial charge is 0.394 e. The summed E-state index contributed by atoms with van der Waals surface area (Å²) in [6.07, 6.45) is -11.2. The molecule has 0 spiro atoms. The highest BCUT2D eigenvalue weighted by Gasteiger charge is 2.36. The van der Waals surface area contributed by atoms with Crippen molar-refractivity contribution in [2.75, 3.05) is 6.61 Å². The van der Waals surface area contributed by atoms with E-state index in [1.807, 2.05) is 0 Å². The molecule has 0 saturated carbocycles. The van der Waals surface area contributed by atoms with Crippen LogP contribution >= 0.6 is 12.3 Å². The van der Waals surface area contributed by atoms with Crippen molar-refractivity contribution in [3.63, 3.8) is 0 Å². The summed E-state index contributed by atoms with van der Waals surface area (Å²) < 4.78 is 8.21. The molecule has 144 valence electrons. The molecule has 0 amide bonds. The van der Waals surface area contributed by atoms with Gasteiger partial charge < -0.3 is 39.0 Å².